The Bertz CT molecular complexity index is 1510. The summed E-state index contributed by atoms with van der Waals surface area (Å²) in [5, 5.41) is 2.24. The number of imidazole rings is 1. The number of benzene rings is 2. The number of hydrazine groups is 1. The van der Waals surface area contributed by atoms with Crippen LogP contribution in [0.15, 0.2) is 70.5 Å². The lowest BCUT2D eigenvalue weighted by Gasteiger charge is -2.13. The molecular formula is C23H22FN7O4. The normalized spacial score (nSPS) is 10.8. The maximum atomic E-state index is 13.7. The molecule has 2 heterocycles. The standard InChI is InChI=1S/C23H22FN7O4/c1-2-29-14-25-20-19(29)21(33)31(23(35)30(20)12-15-8-4-3-5-9-15)13-18(32)27-28-22(34)26-17-11-7-6-10-16(17)24/h3-11,14H,2,12-13H2,1H3,(H,27,32)(H2,26,28,34). The van der Waals surface area contributed by atoms with E-state index in [4.69, 9.17) is 0 Å². The van der Waals surface area contributed by atoms with Gasteiger partial charge in [0, 0.05) is 6.54 Å². The highest BCUT2D eigenvalue weighted by atomic mass is 19.1. The van der Waals surface area contributed by atoms with Crippen molar-refractivity contribution in [2.75, 3.05) is 5.32 Å². The largest absolute Gasteiger partial charge is 0.338 e. The van der Waals surface area contributed by atoms with Crippen LogP contribution in [0.25, 0.3) is 11.2 Å². The molecule has 0 aliphatic rings. The first kappa shape index (κ1) is 23.4. The molecule has 2 aromatic carbocycles. The highest BCUT2D eigenvalue weighted by Gasteiger charge is 2.20. The lowest BCUT2D eigenvalue weighted by Crippen LogP contribution is -2.49. The molecule has 0 saturated carbocycles. The molecule has 35 heavy (non-hydrogen) atoms. The van der Waals surface area contributed by atoms with Gasteiger partial charge in [-0.3, -0.25) is 19.6 Å². The quantitative estimate of drug-likeness (QED) is 0.360. The second-order valence-electron chi connectivity index (χ2n) is 7.56. The highest BCUT2D eigenvalue weighted by molar-refractivity contribution is 5.91. The van der Waals surface area contributed by atoms with Gasteiger partial charge < -0.3 is 9.88 Å². The van der Waals surface area contributed by atoms with E-state index in [2.05, 4.69) is 21.2 Å². The van der Waals surface area contributed by atoms with Crippen molar-refractivity contribution in [3.05, 3.63) is 93.1 Å². The predicted molar refractivity (Wildman–Crippen MR) is 126 cm³/mol. The number of nitrogens with zero attached hydrogens (tertiary/aromatic N) is 4. The zero-order valence-electron chi connectivity index (χ0n) is 18.7. The molecule has 0 unspecified atom stereocenters. The van der Waals surface area contributed by atoms with Crippen LogP contribution in [0.4, 0.5) is 14.9 Å². The van der Waals surface area contributed by atoms with Crippen molar-refractivity contribution in [1.82, 2.24) is 29.5 Å². The average molecular weight is 479 g/mol. The first-order chi connectivity index (χ1) is 16.9. The molecule has 12 heteroatoms. The van der Waals surface area contributed by atoms with Crippen molar-refractivity contribution in [3.8, 4) is 0 Å². The summed E-state index contributed by atoms with van der Waals surface area (Å²) in [6, 6.07) is 13.7. The Morgan fingerprint density at radius 1 is 0.971 bits per heavy atom. The highest BCUT2D eigenvalue weighted by Crippen LogP contribution is 2.12. The van der Waals surface area contributed by atoms with Crippen molar-refractivity contribution in [3.63, 3.8) is 0 Å². The summed E-state index contributed by atoms with van der Waals surface area (Å²) in [6.07, 6.45) is 1.46. The molecule has 0 spiro atoms. The number of hydrogen-bond donors (Lipinski definition) is 3. The minimum Gasteiger partial charge on any atom is -0.325 e. The minimum absolute atomic E-state index is 0.0856. The molecule has 0 aliphatic carbocycles. The van der Waals surface area contributed by atoms with Crippen LogP contribution in [-0.2, 0) is 24.4 Å². The molecule has 0 atom stereocenters. The number of aromatic nitrogens is 4. The van der Waals surface area contributed by atoms with E-state index < -0.39 is 35.5 Å². The smallest absolute Gasteiger partial charge is 0.325 e. The molecule has 4 aromatic rings. The van der Waals surface area contributed by atoms with Crippen LogP contribution in [0.1, 0.15) is 12.5 Å². The predicted octanol–water partition coefficient (Wildman–Crippen LogP) is 1.42. The number of rotatable bonds is 6. The van der Waals surface area contributed by atoms with Gasteiger partial charge in [-0.05, 0) is 24.6 Å². The van der Waals surface area contributed by atoms with E-state index >= 15 is 0 Å². The zero-order valence-corrected chi connectivity index (χ0v) is 18.7. The number of aryl methyl sites for hydroxylation is 1. The summed E-state index contributed by atoms with van der Waals surface area (Å²) in [5.41, 5.74) is 3.89. The SMILES string of the molecule is CCn1cnc2c1c(=O)n(CC(=O)NNC(=O)Nc1ccccc1F)c(=O)n2Cc1ccccc1. The number of nitrogens with one attached hydrogen (secondary N) is 3. The van der Waals surface area contributed by atoms with Crippen LogP contribution in [0.5, 0.6) is 0 Å². The first-order valence-corrected chi connectivity index (χ1v) is 10.7. The maximum Gasteiger partial charge on any atom is 0.338 e. The number of anilines is 1. The Morgan fingerprint density at radius 2 is 1.69 bits per heavy atom. The molecule has 0 aliphatic heterocycles. The van der Waals surface area contributed by atoms with Gasteiger partial charge in [0.05, 0.1) is 18.6 Å². The second kappa shape index (κ2) is 10.0. The molecule has 180 valence electrons. The number of amides is 3. The van der Waals surface area contributed by atoms with Crippen LogP contribution in [0.2, 0.25) is 0 Å². The van der Waals surface area contributed by atoms with Crippen LogP contribution >= 0.6 is 0 Å². The Balaban J connectivity index is 1.58. The molecule has 4 rings (SSSR count). The molecule has 2 aromatic heterocycles. The van der Waals surface area contributed by atoms with Gasteiger partial charge in [0.15, 0.2) is 11.2 Å². The first-order valence-electron chi connectivity index (χ1n) is 10.7. The lowest BCUT2D eigenvalue weighted by atomic mass is 10.2. The van der Waals surface area contributed by atoms with Gasteiger partial charge in [0.2, 0.25) is 0 Å². The topological polar surface area (TPSA) is 132 Å². The molecule has 3 N–H and O–H groups in total. The Kier molecular flexibility index (Phi) is 6.71. The molecule has 3 amide bonds. The monoisotopic (exact) mass is 479 g/mol. The second-order valence-corrected chi connectivity index (χ2v) is 7.56. The van der Waals surface area contributed by atoms with E-state index in [1.807, 2.05) is 37.3 Å². The van der Waals surface area contributed by atoms with E-state index in [9.17, 15) is 23.6 Å². The van der Waals surface area contributed by atoms with Crippen LogP contribution in [0.3, 0.4) is 0 Å². The molecule has 0 fully saturated rings. The van der Waals surface area contributed by atoms with Crippen molar-refractivity contribution in [2.24, 2.45) is 0 Å². The summed E-state index contributed by atoms with van der Waals surface area (Å²) in [4.78, 5) is 55.0. The zero-order chi connectivity index (χ0) is 24.9. The number of halogens is 1. The van der Waals surface area contributed by atoms with E-state index in [1.54, 1.807) is 4.57 Å². The number of urea groups is 1. The summed E-state index contributed by atoms with van der Waals surface area (Å²) >= 11 is 0. The van der Waals surface area contributed by atoms with E-state index in [-0.39, 0.29) is 23.4 Å². The molecule has 0 saturated heterocycles. The third-order valence-electron chi connectivity index (χ3n) is 5.25. The number of para-hydroxylation sites is 1. The number of carbonyl (C=O) groups is 2. The van der Waals surface area contributed by atoms with E-state index in [1.165, 1.54) is 29.1 Å². The minimum atomic E-state index is -0.906. The third-order valence-corrected chi connectivity index (χ3v) is 5.25. The van der Waals surface area contributed by atoms with Crippen LogP contribution in [0, 0.1) is 5.82 Å². The van der Waals surface area contributed by atoms with E-state index in [0.717, 1.165) is 16.2 Å². The van der Waals surface area contributed by atoms with Gasteiger partial charge in [0.25, 0.3) is 11.5 Å². The van der Waals surface area contributed by atoms with Crippen molar-refractivity contribution < 1.29 is 14.0 Å². The van der Waals surface area contributed by atoms with E-state index in [0.29, 0.717) is 6.54 Å². The van der Waals surface area contributed by atoms with Gasteiger partial charge in [-0.25, -0.2) is 29.0 Å². The summed E-state index contributed by atoms with van der Waals surface area (Å²) in [6.45, 7) is 1.74. The van der Waals surface area contributed by atoms with Gasteiger partial charge in [-0.15, -0.1) is 0 Å². The van der Waals surface area contributed by atoms with Crippen molar-refractivity contribution >= 4 is 28.8 Å². The van der Waals surface area contributed by atoms with Gasteiger partial charge in [-0.1, -0.05) is 42.5 Å². The maximum absolute atomic E-state index is 13.7. The third kappa shape index (κ3) is 4.95. The molecule has 0 radical (unpaired) electrons. The fraction of sp³-hybridized carbons (Fsp3) is 0.174. The molecule has 11 nitrogen and oxygen atoms in total. The molecule has 0 bridgehead atoms. The molecular weight excluding hydrogens is 457 g/mol. The number of carbonyl (C=O) groups excluding carboxylic acids is 2. The van der Waals surface area contributed by atoms with Gasteiger partial charge in [-0.2, -0.15) is 0 Å². The average Bonchev–Trinajstić information content (AvgIpc) is 3.29. The number of hydrogen-bond acceptors (Lipinski definition) is 5. The number of fused-ring (bicyclic) bond motifs is 1. The van der Waals surface area contributed by atoms with Gasteiger partial charge >= 0.3 is 11.7 Å². The summed E-state index contributed by atoms with van der Waals surface area (Å²) in [7, 11) is 0. The van der Waals surface area contributed by atoms with Crippen LogP contribution in [-0.4, -0.2) is 30.6 Å². The Morgan fingerprint density at radius 3 is 2.40 bits per heavy atom. The Hall–Kier alpha value is -4.74. The fourth-order valence-corrected chi connectivity index (χ4v) is 3.55. The Labute approximate surface area is 197 Å². The van der Waals surface area contributed by atoms with Crippen molar-refractivity contribution in [1.29, 1.82) is 0 Å². The lowest BCUT2D eigenvalue weighted by molar-refractivity contribution is -0.122. The van der Waals surface area contributed by atoms with Gasteiger partial charge in [0.1, 0.15) is 12.4 Å². The fourth-order valence-electron chi connectivity index (χ4n) is 3.55. The van der Waals surface area contributed by atoms with Crippen molar-refractivity contribution in [2.45, 2.75) is 26.6 Å². The van der Waals surface area contributed by atoms with Crippen LogP contribution < -0.4 is 27.4 Å². The summed E-state index contributed by atoms with van der Waals surface area (Å²) < 4.78 is 17.4. The summed E-state index contributed by atoms with van der Waals surface area (Å²) in [5.74, 6) is -1.48.